The van der Waals surface area contributed by atoms with Crippen LogP contribution in [0.5, 0.6) is 5.75 Å². The molecule has 3 aromatic rings. The predicted molar refractivity (Wildman–Crippen MR) is 91.4 cm³/mol. The van der Waals surface area contributed by atoms with Crippen molar-refractivity contribution in [2.45, 2.75) is 33.8 Å². The zero-order valence-corrected chi connectivity index (χ0v) is 14.5. The van der Waals surface area contributed by atoms with E-state index in [2.05, 4.69) is 15.1 Å². The number of carbonyl (C=O) groups is 1. The molecule has 0 radical (unpaired) electrons. The number of carbonyl (C=O) groups excluding carboxylic acids is 1. The molecule has 0 aliphatic carbocycles. The third-order valence-electron chi connectivity index (χ3n) is 3.97. The van der Waals surface area contributed by atoms with Crippen LogP contribution in [0.15, 0.2) is 30.6 Å². The van der Waals surface area contributed by atoms with Crippen molar-refractivity contribution < 1.29 is 14.3 Å². The van der Waals surface area contributed by atoms with Gasteiger partial charge in [-0.05, 0) is 26.8 Å². The number of hydrogen-bond acceptors (Lipinski definition) is 6. The van der Waals surface area contributed by atoms with E-state index < -0.39 is 0 Å². The summed E-state index contributed by atoms with van der Waals surface area (Å²) in [5, 5.41) is 4.13. The van der Waals surface area contributed by atoms with Crippen molar-refractivity contribution in [1.82, 2.24) is 19.6 Å². The van der Waals surface area contributed by atoms with Crippen LogP contribution in [-0.4, -0.2) is 32.2 Å². The van der Waals surface area contributed by atoms with Gasteiger partial charge in [0.25, 0.3) is 5.78 Å². The van der Waals surface area contributed by atoms with Crippen LogP contribution in [0.4, 0.5) is 0 Å². The smallest absolute Gasteiger partial charge is 0.310 e. The Labute approximate surface area is 145 Å². The van der Waals surface area contributed by atoms with Gasteiger partial charge in [0.1, 0.15) is 18.7 Å². The molecule has 3 rings (SSSR count). The molecule has 0 saturated carbocycles. The van der Waals surface area contributed by atoms with Crippen LogP contribution in [-0.2, 0) is 22.6 Å². The maximum Gasteiger partial charge on any atom is 0.310 e. The van der Waals surface area contributed by atoms with Gasteiger partial charge in [0.05, 0.1) is 13.0 Å². The lowest BCUT2D eigenvalue weighted by Crippen LogP contribution is -2.13. The molecule has 0 atom stereocenters. The summed E-state index contributed by atoms with van der Waals surface area (Å²) in [6.45, 7) is 6.40. The first-order chi connectivity index (χ1) is 12.1. The summed E-state index contributed by atoms with van der Waals surface area (Å²) < 4.78 is 12.6. The van der Waals surface area contributed by atoms with Gasteiger partial charge in [0, 0.05) is 22.5 Å². The highest BCUT2D eigenvalue weighted by Gasteiger charge is 2.15. The van der Waals surface area contributed by atoms with E-state index in [9.17, 15) is 4.79 Å². The van der Waals surface area contributed by atoms with Gasteiger partial charge in [0.2, 0.25) is 0 Å². The van der Waals surface area contributed by atoms with E-state index in [1.165, 1.54) is 6.33 Å². The van der Waals surface area contributed by atoms with E-state index in [1.807, 2.05) is 45.0 Å². The molecule has 2 heterocycles. The summed E-state index contributed by atoms with van der Waals surface area (Å²) in [5.41, 5.74) is 3.24. The Hall–Kier alpha value is -2.96. The average Bonchev–Trinajstić information content (AvgIpc) is 3.06. The molecule has 7 heteroatoms. The molecule has 0 unspecified atom stereocenters. The van der Waals surface area contributed by atoms with Gasteiger partial charge in [-0.15, -0.1) is 0 Å². The summed E-state index contributed by atoms with van der Waals surface area (Å²) in [4.78, 5) is 20.7. The van der Waals surface area contributed by atoms with Crippen LogP contribution in [0.3, 0.4) is 0 Å². The first-order valence-electron chi connectivity index (χ1n) is 8.12. The number of hydrogen-bond donors (Lipinski definition) is 0. The van der Waals surface area contributed by atoms with E-state index in [-0.39, 0.29) is 19.0 Å². The maximum atomic E-state index is 12.3. The van der Waals surface area contributed by atoms with E-state index in [0.717, 1.165) is 28.3 Å². The number of aromatic nitrogens is 4. The van der Waals surface area contributed by atoms with Crippen molar-refractivity contribution in [2.75, 3.05) is 6.61 Å². The van der Waals surface area contributed by atoms with E-state index in [4.69, 9.17) is 9.47 Å². The maximum absolute atomic E-state index is 12.3. The lowest BCUT2D eigenvalue weighted by Gasteiger charge is -2.12. The number of aryl methyl sites for hydroxylation is 2. The lowest BCUT2D eigenvalue weighted by molar-refractivity contribution is -0.144. The second kappa shape index (κ2) is 7.29. The predicted octanol–water partition coefficient (Wildman–Crippen LogP) is 2.43. The third-order valence-corrected chi connectivity index (χ3v) is 3.97. The van der Waals surface area contributed by atoms with Gasteiger partial charge >= 0.3 is 5.97 Å². The van der Waals surface area contributed by atoms with Gasteiger partial charge in [-0.2, -0.15) is 10.1 Å². The fraction of sp³-hybridized carbons (Fsp3) is 0.333. The quantitative estimate of drug-likeness (QED) is 0.641. The number of rotatable bonds is 6. The summed E-state index contributed by atoms with van der Waals surface area (Å²) in [6.07, 6.45) is 1.58. The topological polar surface area (TPSA) is 78.6 Å². The van der Waals surface area contributed by atoms with E-state index in [0.29, 0.717) is 12.4 Å². The number of para-hydroxylation sites is 1. The molecular weight excluding hydrogens is 320 g/mol. The minimum absolute atomic E-state index is 0.136. The van der Waals surface area contributed by atoms with Gasteiger partial charge < -0.3 is 9.47 Å². The van der Waals surface area contributed by atoms with E-state index >= 15 is 0 Å². The molecule has 7 nitrogen and oxygen atoms in total. The molecule has 0 saturated heterocycles. The zero-order chi connectivity index (χ0) is 17.8. The summed E-state index contributed by atoms with van der Waals surface area (Å²) in [7, 11) is 0. The molecule has 0 aliphatic rings. The highest BCUT2D eigenvalue weighted by atomic mass is 16.5. The summed E-state index contributed by atoms with van der Waals surface area (Å²) >= 11 is 0. The molecular formula is C18H20N4O3. The van der Waals surface area contributed by atoms with Crippen LogP contribution >= 0.6 is 0 Å². The van der Waals surface area contributed by atoms with Crippen molar-refractivity contribution in [3.63, 3.8) is 0 Å². The SMILES string of the molecule is CCOc1ccccc1COC(=O)Cc1c(C)nc2ncnn2c1C. The fourth-order valence-electron chi connectivity index (χ4n) is 2.68. The van der Waals surface area contributed by atoms with Crippen LogP contribution in [0.1, 0.15) is 29.4 Å². The normalized spacial score (nSPS) is 10.8. The molecule has 0 bridgehead atoms. The standard InChI is InChI=1S/C18H20N4O3/c1-4-24-16-8-6-5-7-14(16)10-25-17(23)9-15-12(2)21-18-19-11-20-22(18)13(15)3/h5-8,11H,4,9-10H2,1-3H3. The number of esters is 1. The lowest BCUT2D eigenvalue weighted by atomic mass is 10.1. The van der Waals surface area contributed by atoms with Gasteiger partial charge in [-0.1, -0.05) is 18.2 Å². The van der Waals surface area contributed by atoms with Crippen LogP contribution < -0.4 is 4.74 Å². The molecule has 0 fully saturated rings. The average molecular weight is 340 g/mol. The minimum atomic E-state index is -0.321. The Morgan fingerprint density at radius 2 is 2.04 bits per heavy atom. The summed E-state index contributed by atoms with van der Waals surface area (Å²) in [5.74, 6) is 0.937. The third kappa shape index (κ3) is 3.60. The van der Waals surface area contributed by atoms with E-state index in [1.54, 1.807) is 4.52 Å². The van der Waals surface area contributed by atoms with Gasteiger partial charge in [-0.3, -0.25) is 4.79 Å². The second-order valence-electron chi connectivity index (χ2n) is 5.61. The molecule has 1 aromatic carbocycles. The Kier molecular flexibility index (Phi) is 4.92. The minimum Gasteiger partial charge on any atom is -0.493 e. The monoisotopic (exact) mass is 340 g/mol. The molecule has 0 spiro atoms. The molecule has 130 valence electrons. The zero-order valence-electron chi connectivity index (χ0n) is 14.5. The second-order valence-corrected chi connectivity index (χ2v) is 5.61. The van der Waals surface area contributed by atoms with Gasteiger partial charge in [0.15, 0.2) is 0 Å². The largest absolute Gasteiger partial charge is 0.493 e. The molecule has 0 N–H and O–H groups in total. The Morgan fingerprint density at radius 3 is 2.84 bits per heavy atom. The van der Waals surface area contributed by atoms with Crippen molar-refractivity contribution >= 4 is 11.7 Å². The van der Waals surface area contributed by atoms with Crippen LogP contribution in [0.25, 0.3) is 5.78 Å². The van der Waals surface area contributed by atoms with Crippen LogP contribution in [0.2, 0.25) is 0 Å². The first-order valence-corrected chi connectivity index (χ1v) is 8.12. The Bertz CT molecular complexity index is 904. The Balaban J connectivity index is 1.71. The summed E-state index contributed by atoms with van der Waals surface area (Å²) in [6, 6.07) is 7.53. The molecule has 0 amide bonds. The van der Waals surface area contributed by atoms with Crippen molar-refractivity contribution in [3.8, 4) is 5.75 Å². The number of benzene rings is 1. The highest BCUT2D eigenvalue weighted by Crippen LogP contribution is 2.19. The van der Waals surface area contributed by atoms with Gasteiger partial charge in [-0.25, -0.2) is 9.50 Å². The number of fused-ring (bicyclic) bond motifs is 1. The van der Waals surface area contributed by atoms with Crippen LogP contribution in [0, 0.1) is 13.8 Å². The molecule has 0 aliphatic heterocycles. The molecule has 25 heavy (non-hydrogen) atoms. The number of nitrogens with zero attached hydrogens (tertiary/aromatic N) is 4. The highest BCUT2D eigenvalue weighted by molar-refractivity contribution is 5.73. The number of ether oxygens (including phenoxy) is 2. The van der Waals surface area contributed by atoms with Crippen molar-refractivity contribution in [1.29, 1.82) is 0 Å². The fourth-order valence-corrected chi connectivity index (χ4v) is 2.68. The van der Waals surface area contributed by atoms with Crippen molar-refractivity contribution in [2.24, 2.45) is 0 Å². The molecule has 2 aromatic heterocycles. The first kappa shape index (κ1) is 16.9. The van der Waals surface area contributed by atoms with Crippen molar-refractivity contribution in [3.05, 3.63) is 53.1 Å². The Morgan fingerprint density at radius 1 is 1.24 bits per heavy atom.